The van der Waals surface area contributed by atoms with Crippen molar-refractivity contribution in [2.45, 2.75) is 6.10 Å². The van der Waals surface area contributed by atoms with Gasteiger partial charge < -0.3 is 9.84 Å². The summed E-state index contributed by atoms with van der Waals surface area (Å²) in [6.45, 7) is 0. The number of hydrogen-bond donors (Lipinski definition) is 1. The van der Waals surface area contributed by atoms with Gasteiger partial charge in [0.25, 0.3) is 0 Å². The number of fused-ring (bicyclic) bond motifs is 2. The van der Waals surface area contributed by atoms with Crippen LogP contribution in [0.1, 0.15) is 17.2 Å². The smallest absolute Gasteiger partial charge is 0.146 e. The minimum absolute atomic E-state index is 0.266. The fourth-order valence-corrected chi connectivity index (χ4v) is 2.83. The predicted octanol–water partition coefficient (Wildman–Crippen LogP) is 4.69. The van der Waals surface area contributed by atoms with Crippen LogP contribution in [0, 0.1) is 0 Å². The minimum atomic E-state index is -0.272. The Bertz CT molecular complexity index is 849. The summed E-state index contributed by atoms with van der Waals surface area (Å²) < 4.78 is 6.06. The fourth-order valence-electron chi connectivity index (χ4n) is 2.83. The van der Waals surface area contributed by atoms with Gasteiger partial charge in [0, 0.05) is 11.1 Å². The van der Waals surface area contributed by atoms with Gasteiger partial charge >= 0.3 is 0 Å². The molecule has 0 aromatic heterocycles. The van der Waals surface area contributed by atoms with E-state index >= 15 is 0 Å². The average Bonchev–Trinajstić information content (AvgIpc) is 2.54. The van der Waals surface area contributed by atoms with E-state index in [0.29, 0.717) is 0 Å². The van der Waals surface area contributed by atoms with E-state index in [4.69, 9.17) is 4.74 Å². The molecule has 0 spiro atoms. The molecule has 0 amide bonds. The highest BCUT2D eigenvalue weighted by Crippen LogP contribution is 2.39. The number of hydrogen-bond acceptors (Lipinski definition) is 2. The van der Waals surface area contributed by atoms with Crippen LogP contribution < -0.4 is 4.74 Å². The highest BCUT2D eigenvalue weighted by molar-refractivity contribution is 5.88. The van der Waals surface area contributed by atoms with Crippen LogP contribution in [0.15, 0.2) is 66.7 Å². The van der Waals surface area contributed by atoms with Gasteiger partial charge in [-0.3, -0.25) is 0 Å². The van der Waals surface area contributed by atoms with Crippen LogP contribution in [0.25, 0.3) is 16.8 Å². The van der Waals surface area contributed by atoms with E-state index in [0.717, 1.165) is 27.6 Å². The van der Waals surface area contributed by atoms with Gasteiger partial charge in [-0.15, -0.1) is 0 Å². The first kappa shape index (κ1) is 12.0. The molecule has 0 saturated carbocycles. The molecule has 3 aromatic rings. The first-order valence-corrected chi connectivity index (χ1v) is 6.97. The monoisotopic (exact) mass is 274 g/mol. The molecule has 4 rings (SSSR count). The maximum Gasteiger partial charge on any atom is 0.146 e. The van der Waals surface area contributed by atoms with Crippen molar-refractivity contribution in [1.82, 2.24) is 0 Å². The Balaban J connectivity index is 1.87. The molecule has 0 fully saturated rings. The van der Waals surface area contributed by atoms with Gasteiger partial charge in [0.15, 0.2) is 0 Å². The summed E-state index contributed by atoms with van der Waals surface area (Å²) in [5, 5.41) is 12.4. The van der Waals surface area contributed by atoms with Gasteiger partial charge in [-0.25, -0.2) is 0 Å². The van der Waals surface area contributed by atoms with Crippen LogP contribution in [-0.4, -0.2) is 5.11 Å². The zero-order chi connectivity index (χ0) is 14.2. The zero-order valence-corrected chi connectivity index (χ0v) is 11.4. The molecule has 0 saturated heterocycles. The van der Waals surface area contributed by atoms with E-state index in [1.54, 1.807) is 6.07 Å². The molecule has 1 heterocycles. The third-order valence-corrected chi connectivity index (χ3v) is 3.86. The van der Waals surface area contributed by atoms with Gasteiger partial charge in [0.2, 0.25) is 0 Å². The second kappa shape index (κ2) is 4.67. The zero-order valence-electron chi connectivity index (χ0n) is 11.4. The van der Waals surface area contributed by atoms with Crippen LogP contribution >= 0.6 is 0 Å². The largest absolute Gasteiger partial charge is 0.507 e. The summed E-state index contributed by atoms with van der Waals surface area (Å²) >= 11 is 0. The molecule has 3 aromatic carbocycles. The average molecular weight is 274 g/mol. The van der Waals surface area contributed by atoms with Crippen molar-refractivity contribution in [3.63, 3.8) is 0 Å². The Morgan fingerprint density at radius 3 is 2.62 bits per heavy atom. The lowest BCUT2D eigenvalue weighted by Gasteiger charge is -2.23. The van der Waals surface area contributed by atoms with Gasteiger partial charge in [0.1, 0.15) is 17.6 Å². The van der Waals surface area contributed by atoms with Crippen molar-refractivity contribution in [3.05, 3.63) is 77.9 Å². The Kier molecular flexibility index (Phi) is 2.68. The quantitative estimate of drug-likeness (QED) is 0.697. The molecule has 1 aliphatic rings. The standard InChI is InChI=1S/C19H14O2/c20-16-11-9-13-5-1-3-7-15(13)19(16)18-12-10-14-6-2-4-8-17(14)21-18/h1-12,18,20H. The molecule has 2 heteroatoms. The molecule has 0 radical (unpaired) electrons. The summed E-state index contributed by atoms with van der Waals surface area (Å²) in [6.07, 6.45) is 3.76. The van der Waals surface area contributed by atoms with Crippen molar-refractivity contribution in [1.29, 1.82) is 0 Å². The first-order chi connectivity index (χ1) is 10.3. The molecule has 1 N–H and O–H groups in total. The molecule has 0 bridgehead atoms. The summed E-state index contributed by atoms with van der Waals surface area (Å²) in [4.78, 5) is 0. The topological polar surface area (TPSA) is 29.5 Å². The Labute approximate surface area is 122 Å². The van der Waals surface area contributed by atoms with Crippen molar-refractivity contribution in [2.24, 2.45) is 0 Å². The van der Waals surface area contributed by atoms with E-state index in [9.17, 15) is 5.11 Å². The summed E-state index contributed by atoms with van der Waals surface area (Å²) in [5.74, 6) is 1.11. The number of rotatable bonds is 1. The molecule has 2 nitrogen and oxygen atoms in total. The predicted molar refractivity (Wildman–Crippen MR) is 84.5 cm³/mol. The Hall–Kier alpha value is -2.74. The number of aromatic hydroxyl groups is 1. The van der Waals surface area contributed by atoms with E-state index in [2.05, 4.69) is 0 Å². The van der Waals surface area contributed by atoms with Crippen molar-refractivity contribution in [3.8, 4) is 11.5 Å². The maximum atomic E-state index is 10.3. The molecule has 21 heavy (non-hydrogen) atoms. The highest BCUT2D eigenvalue weighted by atomic mass is 16.5. The normalized spacial score (nSPS) is 16.5. The van der Waals surface area contributed by atoms with Crippen molar-refractivity contribution >= 4 is 16.8 Å². The number of phenols is 1. The van der Waals surface area contributed by atoms with Gasteiger partial charge in [0.05, 0.1) is 0 Å². The van der Waals surface area contributed by atoms with Crippen LogP contribution in [0.2, 0.25) is 0 Å². The fraction of sp³-hybridized carbons (Fsp3) is 0.0526. The van der Waals surface area contributed by atoms with E-state index in [1.807, 2.05) is 66.7 Å². The lowest BCUT2D eigenvalue weighted by atomic mass is 9.97. The molecular formula is C19H14O2. The van der Waals surface area contributed by atoms with Crippen LogP contribution in [0.4, 0.5) is 0 Å². The molecular weight excluding hydrogens is 260 g/mol. The third-order valence-electron chi connectivity index (χ3n) is 3.86. The Morgan fingerprint density at radius 1 is 0.857 bits per heavy atom. The van der Waals surface area contributed by atoms with Crippen LogP contribution in [0.5, 0.6) is 11.5 Å². The molecule has 0 aliphatic carbocycles. The molecule has 1 aliphatic heterocycles. The third kappa shape index (κ3) is 1.96. The van der Waals surface area contributed by atoms with E-state index in [-0.39, 0.29) is 11.9 Å². The Morgan fingerprint density at radius 2 is 1.67 bits per heavy atom. The number of benzene rings is 3. The highest BCUT2D eigenvalue weighted by Gasteiger charge is 2.21. The lowest BCUT2D eigenvalue weighted by Crippen LogP contribution is -2.09. The maximum absolute atomic E-state index is 10.3. The SMILES string of the molecule is Oc1ccc2ccccc2c1C1C=Cc2ccccc2O1. The second-order valence-corrected chi connectivity index (χ2v) is 5.15. The molecule has 1 atom stereocenters. The van der Waals surface area contributed by atoms with Crippen molar-refractivity contribution in [2.75, 3.05) is 0 Å². The van der Waals surface area contributed by atoms with Crippen LogP contribution in [0.3, 0.4) is 0 Å². The lowest BCUT2D eigenvalue weighted by molar-refractivity contribution is 0.248. The minimum Gasteiger partial charge on any atom is -0.507 e. The number of phenolic OH excluding ortho intramolecular Hbond substituents is 1. The van der Waals surface area contributed by atoms with Crippen LogP contribution in [-0.2, 0) is 0 Å². The van der Waals surface area contributed by atoms with E-state index < -0.39 is 0 Å². The molecule has 1 unspecified atom stereocenters. The molecule has 102 valence electrons. The summed E-state index contributed by atoms with van der Waals surface area (Å²) in [5.41, 5.74) is 1.88. The van der Waals surface area contributed by atoms with Gasteiger partial charge in [-0.05, 0) is 29.0 Å². The van der Waals surface area contributed by atoms with Gasteiger partial charge in [-0.2, -0.15) is 0 Å². The second-order valence-electron chi connectivity index (χ2n) is 5.15. The summed E-state index contributed by atoms with van der Waals surface area (Å²) in [7, 11) is 0. The number of ether oxygens (including phenoxy) is 1. The van der Waals surface area contributed by atoms with E-state index in [1.165, 1.54) is 0 Å². The summed E-state index contributed by atoms with van der Waals surface area (Å²) in [6, 6.07) is 19.6. The van der Waals surface area contributed by atoms with Crippen molar-refractivity contribution < 1.29 is 9.84 Å². The first-order valence-electron chi connectivity index (χ1n) is 6.97. The number of para-hydroxylation sites is 1. The van der Waals surface area contributed by atoms with Gasteiger partial charge in [-0.1, -0.05) is 54.6 Å².